The van der Waals surface area contributed by atoms with Crippen LogP contribution in [0, 0.1) is 13.8 Å². The maximum Gasteiger partial charge on any atom is 0.573 e. The van der Waals surface area contributed by atoms with Gasteiger partial charge in [0, 0.05) is 29.6 Å². The van der Waals surface area contributed by atoms with Crippen molar-refractivity contribution in [3.8, 4) is 5.75 Å². The van der Waals surface area contributed by atoms with Crippen LogP contribution in [0.5, 0.6) is 5.75 Å². The van der Waals surface area contributed by atoms with Crippen molar-refractivity contribution in [2.45, 2.75) is 37.5 Å². The zero-order valence-corrected chi connectivity index (χ0v) is 16.9. The number of carbonyl (C=O) groups excluding carboxylic acids is 1. The molecule has 0 fully saturated rings. The van der Waals surface area contributed by atoms with Crippen LogP contribution in [0.1, 0.15) is 32.9 Å². The number of para-hydroxylation sites is 1. The summed E-state index contributed by atoms with van der Waals surface area (Å²) in [4.78, 5) is 16.9. The van der Waals surface area contributed by atoms with E-state index in [1.54, 1.807) is 24.4 Å². The van der Waals surface area contributed by atoms with Gasteiger partial charge in [0.25, 0.3) is 5.91 Å². The minimum atomic E-state index is -4.81. The molecule has 0 unspecified atom stereocenters. The van der Waals surface area contributed by atoms with Gasteiger partial charge in [-0.2, -0.15) is 0 Å². The van der Waals surface area contributed by atoms with Gasteiger partial charge in [-0.25, -0.2) is 4.98 Å². The average molecular weight is 437 g/mol. The standard InChI is InChI=1S/C20H18F3N3O3S/c1-12-16(13(2)29-26-12)11-30-19-15(7-5-9-24-19)18(27)25-10-14-6-3-4-8-17(14)28-20(21,22)23/h3-9H,10-11H2,1-2H3,(H,25,27). The highest BCUT2D eigenvalue weighted by Gasteiger charge is 2.32. The van der Waals surface area contributed by atoms with Crippen LogP contribution < -0.4 is 10.1 Å². The maximum atomic E-state index is 12.7. The number of halogens is 3. The van der Waals surface area contributed by atoms with Crippen molar-refractivity contribution < 1.29 is 27.2 Å². The second-order valence-corrected chi connectivity index (χ2v) is 7.25. The van der Waals surface area contributed by atoms with Gasteiger partial charge in [-0.3, -0.25) is 4.79 Å². The lowest BCUT2D eigenvalue weighted by Crippen LogP contribution is -2.25. The Bertz CT molecular complexity index is 1020. The normalized spacial score (nSPS) is 11.4. The van der Waals surface area contributed by atoms with Crippen LogP contribution in [-0.4, -0.2) is 22.4 Å². The quantitative estimate of drug-likeness (QED) is 0.535. The Morgan fingerprint density at radius 3 is 2.67 bits per heavy atom. The van der Waals surface area contributed by atoms with Crippen LogP contribution in [0.2, 0.25) is 0 Å². The Hall–Kier alpha value is -3.01. The topological polar surface area (TPSA) is 77.2 Å². The van der Waals surface area contributed by atoms with Gasteiger partial charge in [0.1, 0.15) is 16.5 Å². The SMILES string of the molecule is Cc1noc(C)c1CSc1ncccc1C(=O)NCc1ccccc1OC(F)(F)F. The minimum Gasteiger partial charge on any atom is -0.405 e. The molecule has 6 nitrogen and oxygen atoms in total. The number of thioether (sulfide) groups is 1. The number of aromatic nitrogens is 2. The van der Waals surface area contributed by atoms with Gasteiger partial charge in [0.2, 0.25) is 0 Å². The van der Waals surface area contributed by atoms with Crippen molar-refractivity contribution in [1.29, 1.82) is 0 Å². The maximum absolute atomic E-state index is 12.7. The summed E-state index contributed by atoms with van der Waals surface area (Å²) in [5.74, 6) is 0.402. The number of ether oxygens (including phenoxy) is 1. The van der Waals surface area contributed by atoms with Crippen LogP contribution in [-0.2, 0) is 12.3 Å². The lowest BCUT2D eigenvalue weighted by Gasteiger charge is -2.14. The van der Waals surface area contributed by atoms with Gasteiger partial charge in [-0.1, -0.05) is 23.4 Å². The number of alkyl halides is 3. The summed E-state index contributed by atoms with van der Waals surface area (Å²) in [7, 11) is 0. The third kappa shape index (κ3) is 5.53. The largest absolute Gasteiger partial charge is 0.573 e. The molecule has 0 aliphatic heterocycles. The van der Waals surface area contributed by atoms with Gasteiger partial charge in [-0.15, -0.1) is 24.9 Å². The molecule has 3 aromatic rings. The highest BCUT2D eigenvalue weighted by atomic mass is 32.2. The Morgan fingerprint density at radius 2 is 1.97 bits per heavy atom. The molecule has 30 heavy (non-hydrogen) atoms. The monoisotopic (exact) mass is 437 g/mol. The molecule has 0 saturated carbocycles. The number of rotatable bonds is 7. The van der Waals surface area contributed by atoms with Gasteiger partial charge in [-0.05, 0) is 32.0 Å². The second-order valence-electron chi connectivity index (χ2n) is 6.29. The lowest BCUT2D eigenvalue weighted by molar-refractivity contribution is -0.274. The molecule has 2 heterocycles. The van der Waals surface area contributed by atoms with Gasteiger partial charge < -0.3 is 14.6 Å². The van der Waals surface area contributed by atoms with Crippen LogP contribution in [0.4, 0.5) is 13.2 Å². The summed E-state index contributed by atoms with van der Waals surface area (Å²) in [6, 6.07) is 8.88. The van der Waals surface area contributed by atoms with Gasteiger partial charge >= 0.3 is 6.36 Å². The predicted octanol–water partition coefficient (Wildman–Crippen LogP) is 4.81. The fraction of sp³-hybridized carbons (Fsp3) is 0.250. The Kier molecular flexibility index (Phi) is 6.66. The smallest absolute Gasteiger partial charge is 0.405 e. The van der Waals surface area contributed by atoms with Gasteiger partial charge in [0.15, 0.2) is 0 Å². The Morgan fingerprint density at radius 1 is 1.20 bits per heavy atom. The highest BCUT2D eigenvalue weighted by Crippen LogP contribution is 2.28. The zero-order chi connectivity index (χ0) is 21.7. The minimum absolute atomic E-state index is 0.131. The van der Waals surface area contributed by atoms with E-state index in [0.29, 0.717) is 22.1 Å². The molecule has 1 N–H and O–H groups in total. The number of aryl methyl sites for hydroxylation is 2. The summed E-state index contributed by atoms with van der Waals surface area (Å²) in [6.45, 7) is 3.51. The fourth-order valence-electron chi connectivity index (χ4n) is 2.67. The first-order valence-corrected chi connectivity index (χ1v) is 9.84. The van der Waals surface area contributed by atoms with Crippen molar-refractivity contribution in [2.24, 2.45) is 0 Å². The molecule has 0 spiro atoms. The van der Waals surface area contributed by atoms with Crippen LogP contribution in [0.3, 0.4) is 0 Å². The predicted molar refractivity (Wildman–Crippen MR) is 104 cm³/mol. The molecule has 0 aliphatic rings. The first-order chi connectivity index (χ1) is 14.2. The summed E-state index contributed by atoms with van der Waals surface area (Å²) in [5.41, 5.74) is 2.22. The fourth-order valence-corrected chi connectivity index (χ4v) is 3.82. The zero-order valence-electron chi connectivity index (χ0n) is 16.1. The number of pyridine rings is 1. The number of benzene rings is 1. The summed E-state index contributed by atoms with van der Waals surface area (Å²) >= 11 is 1.35. The third-order valence-electron chi connectivity index (χ3n) is 4.19. The van der Waals surface area contributed by atoms with Crippen molar-refractivity contribution in [2.75, 3.05) is 0 Å². The number of hydrogen-bond acceptors (Lipinski definition) is 6. The van der Waals surface area contributed by atoms with E-state index >= 15 is 0 Å². The molecule has 3 rings (SSSR count). The van der Waals surface area contributed by atoms with Crippen molar-refractivity contribution >= 4 is 17.7 Å². The van der Waals surface area contributed by atoms with Crippen LogP contribution in [0.25, 0.3) is 0 Å². The van der Waals surface area contributed by atoms with Crippen LogP contribution in [0.15, 0.2) is 52.1 Å². The number of hydrogen-bond donors (Lipinski definition) is 1. The van der Waals surface area contributed by atoms with E-state index in [4.69, 9.17) is 4.52 Å². The molecule has 158 valence electrons. The number of nitrogens with zero attached hydrogens (tertiary/aromatic N) is 2. The van der Waals surface area contributed by atoms with E-state index < -0.39 is 12.3 Å². The van der Waals surface area contributed by atoms with Crippen molar-refractivity contribution in [3.63, 3.8) is 0 Å². The molecule has 2 aromatic heterocycles. The van der Waals surface area contributed by atoms with E-state index in [9.17, 15) is 18.0 Å². The molecule has 0 atom stereocenters. The lowest BCUT2D eigenvalue weighted by atomic mass is 10.2. The summed E-state index contributed by atoms with van der Waals surface area (Å²) < 4.78 is 46.8. The first-order valence-electron chi connectivity index (χ1n) is 8.86. The average Bonchev–Trinajstić information content (AvgIpc) is 3.02. The van der Waals surface area contributed by atoms with E-state index in [2.05, 4.69) is 20.2 Å². The third-order valence-corrected chi connectivity index (χ3v) is 5.22. The molecule has 0 bridgehead atoms. The van der Waals surface area contributed by atoms with E-state index in [1.807, 2.05) is 13.8 Å². The second kappa shape index (κ2) is 9.21. The molecule has 0 radical (unpaired) electrons. The first kappa shape index (κ1) is 21.7. The van der Waals surface area contributed by atoms with E-state index in [0.717, 1.165) is 11.3 Å². The molecule has 1 aromatic carbocycles. The van der Waals surface area contributed by atoms with Crippen molar-refractivity contribution in [3.05, 3.63) is 70.7 Å². The number of carbonyl (C=O) groups is 1. The molecular weight excluding hydrogens is 419 g/mol. The van der Waals surface area contributed by atoms with Crippen LogP contribution >= 0.6 is 11.8 Å². The molecule has 1 amide bonds. The van der Waals surface area contributed by atoms with E-state index in [1.165, 1.54) is 30.0 Å². The van der Waals surface area contributed by atoms with Crippen molar-refractivity contribution in [1.82, 2.24) is 15.5 Å². The summed E-state index contributed by atoms with van der Waals surface area (Å²) in [5, 5.41) is 7.03. The number of nitrogens with one attached hydrogen (secondary N) is 1. The Balaban J connectivity index is 1.70. The van der Waals surface area contributed by atoms with Gasteiger partial charge in [0.05, 0.1) is 11.3 Å². The molecular formula is C20H18F3N3O3S. The van der Waals surface area contributed by atoms with E-state index in [-0.39, 0.29) is 17.9 Å². The Labute approximate surface area is 174 Å². The molecule has 0 saturated heterocycles. The molecule has 10 heteroatoms. The number of amides is 1. The molecule has 0 aliphatic carbocycles. The summed E-state index contributed by atoms with van der Waals surface area (Å²) in [6.07, 6.45) is -3.25. The highest BCUT2D eigenvalue weighted by molar-refractivity contribution is 7.98.